The van der Waals surface area contributed by atoms with Gasteiger partial charge in [-0.3, -0.25) is 19.4 Å². The molecule has 2 N–H and O–H groups in total. The second-order valence-electron chi connectivity index (χ2n) is 9.80. The fourth-order valence-corrected chi connectivity index (χ4v) is 5.70. The lowest BCUT2D eigenvalue weighted by atomic mass is 9.68. The van der Waals surface area contributed by atoms with Crippen molar-refractivity contribution in [3.8, 4) is 0 Å². The van der Waals surface area contributed by atoms with Crippen molar-refractivity contribution in [1.29, 1.82) is 0 Å². The number of aromatic amines is 1. The Bertz CT molecular complexity index is 1310. The molecule has 3 heterocycles. The van der Waals surface area contributed by atoms with E-state index in [1.165, 1.54) is 18.6 Å². The first-order valence-electron chi connectivity index (χ1n) is 12.6. The number of nitrogens with zero attached hydrogens (tertiary/aromatic N) is 3. The van der Waals surface area contributed by atoms with Crippen molar-refractivity contribution < 1.29 is 9.59 Å². The molecule has 0 atom stereocenters. The van der Waals surface area contributed by atoms with Crippen molar-refractivity contribution in [1.82, 2.24) is 25.4 Å². The standard InChI is InChI=1S/C28H31N5O3/c1-19-23(17-30-26(35)24-10-11-25(34)32-31-24)22-12-15-33(18-20(22)16-29-19)27(36)28(13-6-3-7-14-28)21-8-4-2-5-9-21/h2,4-5,8-11,16H,3,6-7,12-15,17-18H2,1H3,(H,30,35)(H,32,34). The van der Waals surface area contributed by atoms with Crippen molar-refractivity contribution >= 4 is 11.8 Å². The summed E-state index contributed by atoms with van der Waals surface area (Å²) >= 11 is 0. The van der Waals surface area contributed by atoms with E-state index in [4.69, 9.17) is 0 Å². The number of pyridine rings is 1. The van der Waals surface area contributed by atoms with Gasteiger partial charge < -0.3 is 10.2 Å². The minimum Gasteiger partial charge on any atom is -0.346 e. The van der Waals surface area contributed by atoms with E-state index in [9.17, 15) is 14.4 Å². The topological polar surface area (TPSA) is 108 Å². The number of hydrogen-bond acceptors (Lipinski definition) is 5. The molecule has 186 valence electrons. The summed E-state index contributed by atoms with van der Waals surface area (Å²) in [6.07, 6.45) is 7.69. The molecule has 2 aliphatic rings. The van der Waals surface area contributed by atoms with E-state index < -0.39 is 5.41 Å². The molecule has 1 saturated carbocycles. The average molecular weight is 486 g/mol. The van der Waals surface area contributed by atoms with Gasteiger partial charge in [-0.1, -0.05) is 49.6 Å². The third-order valence-electron chi connectivity index (χ3n) is 7.66. The maximum atomic E-state index is 14.0. The number of benzene rings is 1. The normalized spacial score (nSPS) is 16.8. The van der Waals surface area contributed by atoms with Crippen LogP contribution in [0.4, 0.5) is 0 Å². The van der Waals surface area contributed by atoms with Gasteiger partial charge in [0, 0.05) is 37.6 Å². The summed E-state index contributed by atoms with van der Waals surface area (Å²) in [6.45, 7) is 3.41. The second kappa shape index (κ2) is 10.0. The van der Waals surface area contributed by atoms with Crippen molar-refractivity contribution in [2.24, 2.45) is 0 Å². The van der Waals surface area contributed by atoms with Gasteiger partial charge in [0.2, 0.25) is 5.91 Å². The molecule has 1 aromatic carbocycles. The van der Waals surface area contributed by atoms with Crippen LogP contribution in [0.1, 0.15) is 70.5 Å². The Labute approximate surface area is 210 Å². The molecule has 8 nitrogen and oxygen atoms in total. The van der Waals surface area contributed by atoms with Crippen molar-refractivity contribution in [3.05, 3.63) is 92.7 Å². The highest BCUT2D eigenvalue weighted by Gasteiger charge is 2.44. The summed E-state index contributed by atoms with van der Waals surface area (Å²) < 4.78 is 0. The van der Waals surface area contributed by atoms with Crippen LogP contribution in [-0.4, -0.2) is 38.4 Å². The molecule has 3 aromatic rings. The Morgan fingerprint density at radius 3 is 2.58 bits per heavy atom. The molecule has 0 saturated heterocycles. The number of carbonyl (C=O) groups is 2. The lowest BCUT2D eigenvalue weighted by Gasteiger charge is -2.42. The lowest BCUT2D eigenvalue weighted by Crippen LogP contribution is -2.49. The highest BCUT2D eigenvalue weighted by Crippen LogP contribution is 2.42. The maximum absolute atomic E-state index is 14.0. The summed E-state index contributed by atoms with van der Waals surface area (Å²) in [7, 11) is 0. The minimum atomic E-state index is -0.449. The van der Waals surface area contributed by atoms with Gasteiger partial charge in [0.1, 0.15) is 5.69 Å². The Kier molecular flexibility index (Phi) is 6.67. The van der Waals surface area contributed by atoms with Gasteiger partial charge in [-0.15, -0.1) is 0 Å². The predicted octanol–water partition coefficient (Wildman–Crippen LogP) is 3.19. The number of rotatable bonds is 5. The Balaban J connectivity index is 1.35. The first kappa shape index (κ1) is 23.9. The van der Waals surface area contributed by atoms with E-state index in [1.54, 1.807) is 0 Å². The fraction of sp³-hybridized carbons (Fsp3) is 0.393. The number of fused-ring (bicyclic) bond motifs is 1. The van der Waals surface area contributed by atoms with E-state index >= 15 is 0 Å². The molecule has 0 spiro atoms. The number of H-pyrrole nitrogens is 1. The molecular formula is C28H31N5O3. The zero-order valence-electron chi connectivity index (χ0n) is 20.5. The molecule has 1 aliphatic heterocycles. The smallest absolute Gasteiger partial charge is 0.271 e. The first-order chi connectivity index (χ1) is 17.5. The number of carbonyl (C=O) groups excluding carboxylic acids is 2. The van der Waals surface area contributed by atoms with E-state index in [0.29, 0.717) is 19.6 Å². The molecule has 5 rings (SSSR count). The van der Waals surface area contributed by atoms with Crippen molar-refractivity contribution in [2.75, 3.05) is 6.54 Å². The molecule has 0 unspecified atom stereocenters. The lowest BCUT2D eigenvalue weighted by molar-refractivity contribution is -0.140. The van der Waals surface area contributed by atoms with Gasteiger partial charge in [-0.25, -0.2) is 5.10 Å². The SMILES string of the molecule is Cc1ncc2c(c1CNC(=O)c1ccc(=O)[nH]n1)CCN(C(=O)C1(c3ccccc3)CCCCC1)C2. The van der Waals surface area contributed by atoms with Gasteiger partial charge in [0.05, 0.1) is 5.41 Å². The van der Waals surface area contributed by atoms with Crippen LogP contribution in [0.2, 0.25) is 0 Å². The Hall–Kier alpha value is -3.81. The van der Waals surface area contributed by atoms with Crippen LogP contribution in [0.5, 0.6) is 0 Å². The van der Waals surface area contributed by atoms with Crippen LogP contribution in [0.3, 0.4) is 0 Å². The van der Waals surface area contributed by atoms with Gasteiger partial charge in [-0.05, 0) is 54.5 Å². The quantitative estimate of drug-likeness (QED) is 0.577. The van der Waals surface area contributed by atoms with Gasteiger partial charge in [-0.2, -0.15) is 5.10 Å². The van der Waals surface area contributed by atoms with E-state index in [0.717, 1.165) is 60.1 Å². The molecule has 1 aliphatic carbocycles. The minimum absolute atomic E-state index is 0.153. The number of hydrogen-bond donors (Lipinski definition) is 2. The van der Waals surface area contributed by atoms with Crippen LogP contribution in [0.15, 0.2) is 53.5 Å². The zero-order chi connectivity index (χ0) is 25.1. The number of amides is 2. The molecular weight excluding hydrogens is 454 g/mol. The monoisotopic (exact) mass is 485 g/mol. The first-order valence-corrected chi connectivity index (χ1v) is 12.6. The number of aromatic nitrogens is 3. The Morgan fingerprint density at radius 1 is 1.08 bits per heavy atom. The largest absolute Gasteiger partial charge is 0.346 e. The second-order valence-corrected chi connectivity index (χ2v) is 9.80. The summed E-state index contributed by atoms with van der Waals surface area (Å²) in [5.41, 5.74) is 4.50. The predicted molar refractivity (Wildman–Crippen MR) is 135 cm³/mol. The van der Waals surface area contributed by atoms with E-state index in [1.807, 2.05) is 36.2 Å². The van der Waals surface area contributed by atoms with Crippen LogP contribution in [-0.2, 0) is 29.7 Å². The number of nitrogens with one attached hydrogen (secondary N) is 2. The molecule has 0 radical (unpaired) electrons. The molecule has 0 bridgehead atoms. The average Bonchev–Trinajstić information content (AvgIpc) is 2.93. The van der Waals surface area contributed by atoms with Gasteiger partial charge in [0.25, 0.3) is 11.5 Å². The Morgan fingerprint density at radius 2 is 1.86 bits per heavy atom. The van der Waals surface area contributed by atoms with Crippen LogP contribution in [0.25, 0.3) is 0 Å². The third-order valence-corrected chi connectivity index (χ3v) is 7.66. The zero-order valence-corrected chi connectivity index (χ0v) is 20.5. The van der Waals surface area contributed by atoms with Gasteiger partial charge >= 0.3 is 0 Å². The van der Waals surface area contributed by atoms with Crippen LogP contribution >= 0.6 is 0 Å². The summed E-state index contributed by atoms with van der Waals surface area (Å²) in [6, 6.07) is 12.9. The summed E-state index contributed by atoms with van der Waals surface area (Å²) in [5, 5.41) is 8.97. The fourth-order valence-electron chi connectivity index (χ4n) is 5.70. The maximum Gasteiger partial charge on any atom is 0.271 e. The summed E-state index contributed by atoms with van der Waals surface area (Å²) in [4.78, 5) is 44.4. The van der Waals surface area contributed by atoms with Crippen LogP contribution in [0, 0.1) is 6.92 Å². The third kappa shape index (κ3) is 4.55. The highest BCUT2D eigenvalue weighted by molar-refractivity contribution is 5.92. The van der Waals surface area contributed by atoms with Crippen LogP contribution < -0.4 is 10.9 Å². The summed E-state index contributed by atoms with van der Waals surface area (Å²) in [5.74, 6) is -0.142. The molecule has 1 fully saturated rings. The van der Waals surface area contributed by atoms with E-state index in [2.05, 4.69) is 32.6 Å². The van der Waals surface area contributed by atoms with E-state index in [-0.39, 0.29) is 23.1 Å². The molecule has 36 heavy (non-hydrogen) atoms. The molecule has 2 aromatic heterocycles. The van der Waals surface area contributed by atoms with Crippen molar-refractivity contribution in [2.45, 2.75) is 64.0 Å². The van der Waals surface area contributed by atoms with Crippen molar-refractivity contribution in [3.63, 3.8) is 0 Å². The highest BCUT2D eigenvalue weighted by atomic mass is 16.2. The number of aryl methyl sites for hydroxylation is 1. The molecule has 2 amide bonds. The van der Waals surface area contributed by atoms with Gasteiger partial charge in [0.15, 0.2) is 0 Å². The molecule has 8 heteroatoms.